The zero-order valence-electron chi connectivity index (χ0n) is 10.4. The lowest BCUT2D eigenvalue weighted by Gasteiger charge is -2.44. The van der Waals surface area contributed by atoms with E-state index in [1.807, 2.05) is 13.8 Å². The number of sulfonamides is 1. The number of benzene rings is 1. The van der Waals surface area contributed by atoms with Gasteiger partial charge in [-0.1, -0.05) is 24.6 Å². The SMILES string of the molecule is CCC1(O)CN(S(=O)(=O)c2ccc(C)cc2Cl)C1. The van der Waals surface area contributed by atoms with Gasteiger partial charge in [0.25, 0.3) is 0 Å². The molecule has 0 aromatic heterocycles. The van der Waals surface area contributed by atoms with Crippen LogP contribution in [0.15, 0.2) is 23.1 Å². The lowest BCUT2D eigenvalue weighted by Crippen LogP contribution is -2.62. The van der Waals surface area contributed by atoms with Gasteiger partial charge in [-0.3, -0.25) is 0 Å². The van der Waals surface area contributed by atoms with Crippen molar-refractivity contribution in [2.24, 2.45) is 0 Å². The molecular weight excluding hydrogens is 274 g/mol. The van der Waals surface area contributed by atoms with Gasteiger partial charge in [-0.05, 0) is 31.0 Å². The van der Waals surface area contributed by atoms with Gasteiger partial charge in [-0.25, -0.2) is 8.42 Å². The van der Waals surface area contributed by atoms with Gasteiger partial charge in [0.15, 0.2) is 0 Å². The van der Waals surface area contributed by atoms with Crippen LogP contribution >= 0.6 is 11.6 Å². The van der Waals surface area contributed by atoms with E-state index in [0.717, 1.165) is 5.56 Å². The third-order valence-electron chi connectivity index (χ3n) is 3.30. The Kier molecular flexibility index (Phi) is 3.44. The summed E-state index contributed by atoms with van der Waals surface area (Å²) in [6.07, 6.45) is 0.542. The number of hydrogen-bond acceptors (Lipinski definition) is 3. The summed E-state index contributed by atoms with van der Waals surface area (Å²) in [6, 6.07) is 4.85. The van der Waals surface area contributed by atoms with Crippen molar-refractivity contribution in [3.63, 3.8) is 0 Å². The van der Waals surface area contributed by atoms with Crippen molar-refractivity contribution in [3.05, 3.63) is 28.8 Å². The van der Waals surface area contributed by atoms with Crippen molar-refractivity contribution in [2.75, 3.05) is 13.1 Å². The lowest BCUT2D eigenvalue weighted by atomic mass is 9.94. The molecule has 6 heteroatoms. The molecule has 0 spiro atoms. The van der Waals surface area contributed by atoms with Crippen molar-refractivity contribution in [1.29, 1.82) is 0 Å². The molecule has 18 heavy (non-hydrogen) atoms. The zero-order valence-corrected chi connectivity index (χ0v) is 11.9. The molecule has 0 bridgehead atoms. The number of nitrogens with zero attached hydrogens (tertiary/aromatic N) is 1. The molecule has 1 saturated heterocycles. The molecule has 1 fully saturated rings. The number of aryl methyl sites for hydroxylation is 1. The zero-order chi connectivity index (χ0) is 13.6. The van der Waals surface area contributed by atoms with Crippen molar-refractivity contribution < 1.29 is 13.5 Å². The van der Waals surface area contributed by atoms with E-state index in [1.54, 1.807) is 12.1 Å². The number of aliphatic hydroxyl groups is 1. The Hall–Kier alpha value is -0.620. The maximum atomic E-state index is 12.3. The van der Waals surface area contributed by atoms with Crippen LogP contribution in [-0.2, 0) is 10.0 Å². The van der Waals surface area contributed by atoms with Crippen molar-refractivity contribution in [1.82, 2.24) is 4.31 Å². The summed E-state index contributed by atoms with van der Waals surface area (Å²) in [4.78, 5) is 0.105. The standard InChI is InChI=1S/C12H16ClNO3S/c1-3-12(15)7-14(8-12)18(16,17)11-5-4-9(2)6-10(11)13/h4-6,15H,3,7-8H2,1-2H3. The van der Waals surface area contributed by atoms with Gasteiger partial charge in [0.1, 0.15) is 4.90 Å². The fraction of sp³-hybridized carbons (Fsp3) is 0.500. The highest BCUT2D eigenvalue weighted by molar-refractivity contribution is 7.89. The van der Waals surface area contributed by atoms with Crippen LogP contribution in [-0.4, -0.2) is 36.5 Å². The maximum Gasteiger partial charge on any atom is 0.244 e. The van der Waals surface area contributed by atoms with Crippen LogP contribution in [0, 0.1) is 6.92 Å². The first-order valence-electron chi connectivity index (χ1n) is 5.77. The molecule has 0 unspecified atom stereocenters. The van der Waals surface area contributed by atoms with Gasteiger partial charge in [0.05, 0.1) is 10.6 Å². The minimum absolute atomic E-state index is 0.105. The molecule has 0 saturated carbocycles. The third-order valence-corrected chi connectivity index (χ3v) is 5.58. The van der Waals surface area contributed by atoms with Crippen molar-refractivity contribution in [3.8, 4) is 0 Å². The number of hydrogen-bond donors (Lipinski definition) is 1. The second-order valence-electron chi connectivity index (χ2n) is 4.78. The Labute approximate surface area is 112 Å². The van der Waals surface area contributed by atoms with Crippen molar-refractivity contribution >= 4 is 21.6 Å². The summed E-state index contributed by atoms with van der Waals surface area (Å²) in [5.41, 5.74) is 0.0252. The van der Waals surface area contributed by atoms with E-state index < -0.39 is 15.6 Å². The summed E-state index contributed by atoms with van der Waals surface area (Å²) in [7, 11) is -3.59. The van der Waals surface area contributed by atoms with Crippen LogP contribution in [0.25, 0.3) is 0 Å². The van der Waals surface area contributed by atoms with Crippen LogP contribution in [0.2, 0.25) is 5.02 Å². The van der Waals surface area contributed by atoms with E-state index >= 15 is 0 Å². The van der Waals surface area contributed by atoms with E-state index in [9.17, 15) is 13.5 Å². The second-order valence-corrected chi connectivity index (χ2v) is 7.10. The Morgan fingerprint density at radius 3 is 2.56 bits per heavy atom. The normalized spacial score (nSPS) is 19.6. The van der Waals surface area contributed by atoms with Crippen LogP contribution in [0.4, 0.5) is 0 Å². The molecule has 100 valence electrons. The van der Waals surface area contributed by atoms with Gasteiger partial charge in [-0.2, -0.15) is 4.31 Å². The van der Waals surface area contributed by atoms with Gasteiger partial charge in [0, 0.05) is 13.1 Å². The smallest absolute Gasteiger partial charge is 0.244 e. The van der Waals surface area contributed by atoms with Gasteiger partial charge < -0.3 is 5.11 Å². The highest BCUT2D eigenvalue weighted by atomic mass is 35.5. The maximum absolute atomic E-state index is 12.3. The molecule has 0 atom stereocenters. The van der Waals surface area contributed by atoms with E-state index in [2.05, 4.69) is 0 Å². The predicted molar refractivity (Wildman–Crippen MR) is 70.2 cm³/mol. The van der Waals surface area contributed by atoms with Crippen LogP contribution in [0.1, 0.15) is 18.9 Å². The average Bonchev–Trinajstić information content (AvgIpc) is 2.24. The highest BCUT2D eigenvalue weighted by Gasteiger charge is 2.46. The largest absolute Gasteiger partial charge is 0.387 e. The Balaban J connectivity index is 2.28. The van der Waals surface area contributed by atoms with Crippen LogP contribution in [0.5, 0.6) is 0 Å². The van der Waals surface area contributed by atoms with E-state index in [0.29, 0.717) is 6.42 Å². The summed E-state index contributed by atoms with van der Waals surface area (Å²) in [5, 5.41) is 10.1. The molecule has 4 nitrogen and oxygen atoms in total. The van der Waals surface area contributed by atoms with E-state index in [-0.39, 0.29) is 23.0 Å². The Morgan fingerprint density at radius 2 is 2.06 bits per heavy atom. The molecule has 1 heterocycles. The molecular formula is C12H16ClNO3S. The summed E-state index contributed by atoms with van der Waals surface area (Å²) in [6.45, 7) is 3.95. The monoisotopic (exact) mass is 289 g/mol. The first-order chi connectivity index (χ1) is 8.28. The average molecular weight is 290 g/mol. The van der Waals surface area contributed by atoms with E-state index in [1.165, 1.54) is 10.4 Å². The Bertz CT molecular complexity index is 565. The number of rotatable bonds is 3. The first-order valence-corrected chi connectivity index (χ1v) is 7.59. The fourth-order valence-electron chi connectivity index (χ4n) is 1.96. The molecule has 1 N–H and O–H groups in total. The molecule has 1 aromatic carbocycles. The first kappa shape index (κ1) is 13.8. The minimum Gasteiger partial charge on any atom is -0.387 e. The lowest BCUT2D eigenvalue weighted by molar-refractivity contribution is -0.0613. The van der Waals surface area contributed by atoms with Gasteiger partial charge in [0.2, 0.25) is 10.0 Å². The molecule has 0 radical (unpaired) electrons. The quantitative estimate of drug-likeness (QED) is 0.923. The topological polar surface area (TPSA) is 57.6 Å². The highest BCUT2D eigenvalue weighted by Crippen LogP contribution is 2.33. The summed E-state index contributed by atoms with van der Waals surface area (Å²) < 4.78 is 25.8. The van der Waals surface area contributed by atoms with Crippen molar-refractivity contribution in [2.45, 2.75) is 30.8 Å². The molecule has 1 aromatic rings. The van der Waals surface area contributed by atoms with Gasteiger partial charge in [-0.15, -0.1) is 0 Å². The van der Waals surface area contributed by atoms with Crippen LogP contribution < -0.4 is 0 Å². The number of halogens is 1. The molecule has 1 aliphatic rings. The molecule has 0 aliphatic carbocycles. The van der Waals surface area contributed by atoms with E-state index in [4.69, 9.17) is 11.6 Å². The predicted octanol–water partition coefficient (Wildman–Crippen LogP) is 1.79. The fourth-order valence-corrected chi connectivity index (χ4v) is 4.13. The summed E-state index contributed by atoms with van der Waals surface area (Å²) >= 11 is 5.98. The third kappa shape index (κ3) is 2.28. The second kappa shape index (κ2) is 4.49. The molecule has 1 aliphatic heterocycles. The minimum atomic E-state index is -3.59. The Morgan fingerprint density at radius 1 is 1.44 bits per heavy atom. The molecule has 0 amide bonds. The summed E-state index contributed by atoms with van der Waals surface area (Å²) in [5.74, 6) is 0. The molecule has 2 rings (SSSR count). The van der Waals surface area contributed by atoms with Gasteiger partial charge >= 0.3 is 0 Å². The number of β-amino-alcohol motifs (C(OH)–C–C–N with tert-alkyl or cyclic N) is 1. The van der Waals surface area contributed by atoms with Crippen LogP contribution in [0.3, 0.4) is 0 Å².